The summed E-state index contributed by atoms with van der Waals surface area (Å²) in [6, 6.07) is -0.0152. The lowest BCUT2D eigenvalue weighted by Gasteiger charge is -2.18. The molecule has 0 heterocycles. The average Bonchev–Trinajstić information content (AvgIpc) is 1.99. The van der Waals surface area contributed by atoms with E-state index in [1.54, 1.807) is 0 Å². The van der Waals surface area contributed by atoms with E-state index in [1.165, 1.54) is 0 Å². The third-order valence-corrected chi connectivity index (χ3v) is 1.51. The van der Waals surface area contributed by atoms with Gasteiger partial charge in [0.05, 0.1) is 0 Å². The summed E-state index contributed by atoms with van der Waals surface area (Å²) in [6.45, 7) is 4.38. The Balaban J connectivity index is 3.90. The number of rotatable bonds is 3. The predicted molar refractivity (Wildman–Crippen MR) is 44.7 cm³/mol. The van der Waals surface area contributed by atoms with Crippen molar-refractivity contribution in [2.75, 3.05) is 6.54 Å². The van der Waals surface area contributed by atoms with Crippen LogP contribution >= 0.6 is 0 Å². The molecule has 3 nitrogen and oxygen atoms in total. The van der Waals surface area contributed by atoms with E-state index < -0.39 is 5.91 Å². The third kappa shape index (κ3) is 3.64. The van der Waals surface area contributed by atoms with E-state index in [-0.39, 0.29) is 6.04 Å². The molecule has 3 heteroatoms. The molecule has 0 aliphatic carbocycles. The van der Waals surface area contributed by atoms with Gasteiger partial charge in [-0.05, 0) is 11.8 Å². The zero-order valence-corrected chi connectivity index (χ0v) is 6.92. The summed E-state index contributed by atoms with van der Waals surface area (Å²) in [5, 5.41) is 2.62. The van der Waals surface area contributed by atoms with Gasteiger partial charge in [0, 0.05) is 12.6 Å². The van der Waals surface area contributed by atoms with Crippen molar-refractivity contribution in [1.29, 1.82) is 0 Å². The highest BCUT2D eigenvalue weighted by atomic mass is 16.1. The van der Waals surface area contributed by atoms with Gasteiger partial charge in [-0.25, -0.2) is 0 Å². The molecule has 0 saturated carbocycles. The molecule has 3 N–H and O–H groups in total. The molecule has 0 spiro atoms. The zero-order chi connectivity index (χ0) is 8.85. The molecule has 0 aromatic carbocycles. The fourth-order valence-corrected chi connectivity index (χ4v) is 0.708. The van der Waals surface area contributed by atoms with Crippen LogP contribution in [0.15, 0.2) is 0 Å². The van der Waals surface area contributed by atoms with Gasteiger partial charge in [-0.2, -0.15) is 0 Å². The molecule has 1 amide bonds. The first-order chi connectivity index (χ1) is 5.11. The van der Waals surface area contributed by atoms with Crippen molar-refractivity contribution in [2.24, 2.45) is 11.7 Å². The van der Waals surface area contributed by atoms with E-state index in [9.17, 15) is 4.79 Å². The molecule has 0 aliphatic heterocycles. The molecule has 0 fully saturated rings. The van der Waals surface area contributed by atoms with Crippen LogP contribution in [0, 0.1) is 18.3 Å². The van der Waals surface area contributed by atoms with Gasteiger partial charge >= 0.3 is 0 Å². The average molecular weight is 154 g/mol. The van der Waals surface area contributed by atoms with E-state index in [0.717, 1.165) is 0 Å². The van der Waals surface area contributed by atoms with Gasteiger partial charge in [-0.3, -0.25) is 4.79 Å². The van der Waals surface area contributed by atoms with Crippen molar-refractivity contribution in [3.05, 3.63) is 0 Å². The summed E-state index contributed by atoms with van der Waals surface area (Å²) in [7, 11) is 0. The fraction of sp³-hybridized carbons (Fsp3) is 0.625. The van der Waals surface area contributed by atoms with Crippen LogP contribution in [0.25, 0.3) is 0 Å². The van der Waals surface area contributed by atoms with Gasteiger partial charge in [0.1, 0.15) is 0 Å². The maximum Gasteiger partial charge on any atom is 0.295 e. The maximum absolute atomic E-state index is 10.7. The predicted octanol–water partition coefficient (Wildman–Crippen LogP) is -0.281. The molecule has 0 bridgehead atoms. The van der Waals surface area contributed by atoms with Crippen LogP contribution in [0.1, 0.15) is 13.8 Å². The maximum atomic E-state index is 10.7. The number of amides is 1. The van der Waals surface area contributed by atoms with Crippen molar-refractivity contribution in [1.82, 2.24) is 5.32 Å². The highest BCUT2D eigenvalue weighted by Gasteiger charge is 2.12. The van der Waals surface area contributed by atoms with Gasteiger partial charge in [0.15, 0.2) is 0 Å². The second-order valence-corrected chi connectivity index (χ2v) is 2.70. The second-order valence-electron chi connectivity index (χ2n) is 2.70. The first kappa shape index (κ1) is 9.99. The number of nitrogens with two attached hydrogens (primary N) is 1. The number of terminal acetylenes is 1. The van der Waals surface area contributed by atoms with Crippen LogP contribution in [0.4, 0.5) is 0 Å². The highest BCUT2D eigenvalue weighted by Crippen LogP contribution is 1.98. The van der Waals surface area contributed by atoms with Gasteiger partial charge in [0.25, 0.3) is 5.91 Å². The smallest absolute Gasteiger partial charge is 0.295 e. The van der Waals surface area contributed by atoms with Crippen molar-refractivity contribution < 1.29 is 4.79 Å². The highest BCUT2D eigenvalue weighted by molar-refractivity contribution is 5.93. The zero-order valence-electron chi connectivity index (χ0n) is 6.92. The summed E-state index contributed by atoms with van der Waals surface area (Å²) in [5.74, 6) is 1.90. The summed E-state index contributed by atoms with van der Waals surface area (Å²) >= 11 is 0. The van der Waals surface area contributed by atoms with Gasteiger partial charge in [-0.1, -0.05) is 13.8 Å². The Morgan fingerprint density at radius 1 is 1.73 bits per heavy atom. The molecule has 1 atom stereocenters. The summed E-state index contributed by atoms with van der Waals surface area (Å²) in [6.07, 6.45) is 4.87. The number of hydrogen-bond donors (Lipinski definition) is 2. The fourth-order valence-electron chi connectivity index (χ4n) is 0.708. The molecule has 0 radical (unpaired) electrons. The number of carbonyl (C=O) groups is 1. The molecule has 62 valence electrons. The molecule has 0 rings (SSSR count). The van der Waals surface area contributed by atoms with Crippen LogP contribution in [0.2, 0.25) is 0 Å². The Morgan fingerprint density at radius 2 is 2.27 bits per heavy atom. The van der Waals surface area contributed by atoms with Crippen LogP contribution in [0.3, 0.4) is 0 Å². The Kier molecular flexibility index (Phi) is 4.32. The third-order valence-electron chi connectivity index (χ3n) is 1.51. The topological polar surface area (TPSA) is 55.1 Å². The molecule has 11 heavy (non-hydrogen) atoms. The van der Waals surface area contributed by atoms with Crippen LogP contribution in [0.5, 0.6) is 0 Å². The minimum Gasteiger partial charge on any atom is -0.341 e. The Morgan fingerprint density at radius 3 is 2.55 bits per heavy atom. The monoisotopic (exact) mass is 154 g/mol. The van der Waals surface area contributed by atoms with Crippen LogP contribution in [-0.2, 0) is 4.79 Å². The lowest BCUT2D eigenvalue weighted by Crippen LogP contribution is -2.43. The van der Waals surface area contributed by atoms with Gasteiger partial charge < -0.3 is 11.1 Å². The number of carbonyl (C=O) groups excluding carboxylic acids is 1. The van der Waals surface area contributed by atoms with Crippen LogP contribution in [-0.4, -0.2) is 18.5 Å². The van der Waals surface area contributed by atoms with E-state index >= 15 is 0 Å². The van der Waals surface area contributed by atoms with Crippen molar-refractivity contribution >= 4 is 5.91 Å². The van der Waals surface area contributed by atoms with E-state index in [0.29, 0.717) is 12.5 Å². The lowest BCUT2D eigenvalue weighted by molar-refractivity contribution is -0.116. The first-order valence-electron chi connectivity index (χ1n) is 3.59. The van der Waals surface area contributed by atoms with Crippen molar-refractivity contribution in [3.63, 3.8) is 0 Å². The normalized spacial score (nSPS) is 12.3. The van der Waals surface area contributed by atoms with Gasteiger partial charge in [-0.15, -0.1) is 6.42 Å². The minimum atomic E-state index is -0.394. The number of hydrogen-bond acceptors (Lipinski definition) is 2. The molecular formula is C8H14N2O. The molecule has 0 aromatic rings. The lowest BCUT2D eigenvalue weighted by atomic mass is 10.1. The summed E-state index contributed by atoms with van der Waals surface area (Å²) in [5.41, 5.74) is 5.39. The van der Waals surface area contributed by atoms with Gasteiger partial charge in [0.2, 0.25) is 0 Å². The molecule has 0 saturated heterocycles. The van der Waals surface area contributed by atoms with Crippen molar-refractivity contribution in [2.45, 2.75) is 19.9 Å². The minimum absolute atomic E-state index is 0.0152. The molecule has 0 aliphatic rings. The second kappa shape index (κ2) is 4.75. The Hall–Kier alpha value is -1.01. The van der Waals surface area contributed by atoms with E-state index in [1.807, 2.05) is 19.8 Å². The van der Waals surface area contributed by atoms with Crippen LogP contribution < -0.4 is 11.1 Å². The standard InChI is InChI=1S/C8H14N2O/c1-4-8(11)10-7(5-9)6(2)3/h1,6-7H,5,9H2,2-3H3,(H,10,11). The SMILES string of the molecule is C#CC(=O)NC(CN)C(C)C. The van der Waals surface area contributed by atoms with E-state index in [4.69, 9.17) is 12.2 Å². The first-order valence-corrected chi connectivity index (χ1v) is 3.59. The summed E-state index contributed by atoms with van der Waals surface area (Å²) < 4.78 is 0. The Labute approximate surface area is 67.3 Å². The molecule has 1 unspecified atom stereocenters. The number of nitrogens with one attached hydrogen (secondary N) is 1. The molecule has 0 aromatic heterocycles. The van der Waals surface area contributed by atoms with E-state index in [2.05, 4.69) is 5.32 Å². The quantitative estimate of drug-likeness (QED) is 0.549. The summed E-state index contributed by atoms with van der Waals surface area (Å²) in [4.78, 5) is 10.7. The largest absolute Gasteiger partial charge is 0.341 e. The molecular weight excluding hydrogens is 140 g/mol. The Bertz CT molecular complexity index is 169. The van der Waals surface area contributed by atoms with Crippen molar-refractivity contribution in [3.8, 4) is 12.3 Å².